The molecule has 4 rings (SSSR count). The average Bonchev–Trinajstić information content (AvgIpc) is 3.01. The van der Waals surface area contributed by atoms with Crippen LogP contribution in [0.15, 0.2) is 0 Å². The molecule has 4 aliphatic rings. The Balaban J connectivity index is 1.61. The van der Waals surface area contributed by atoms with Gasteiger partial charge in [-0.15, -0.1) is 0 Å². The van der Waals surface area contributed by atoms with Gasteiger partial charge in [0.05, 0.1) is 18.3 Å². The molecule has 0 aromatic heterocycles. The number of rotatable bonds is 4. The summed E-state index contributed by atoms with van der Waals surface area (Å²) in [7, 11) is 0. The zero-order valence-electron chi connectivity index (χ0n) is 18.3. The van der Waals surface area contributed by atoms with Crippen molar-refractivity contribution in [1.82, 2.24) is 0 Å². The van der Waals surface area contributed by atoms with Crippen molar-refractivity contribution in [3.63, 3.8) is 0 Å². The maximum atomic E-state index is 11.5. The summed E-state index contributed by atoms with van der Waals surface area (Å²) in [6.45, 7) is 6.72. The molecule has 3 unspecified atom stereocenters. The van der Waals surface area contributed by atoms with Crippen LogP contribution in [0.25, 0.3) is 0 Å². The normalized spacial score (nSPS) is 52.9. The quantitative estimate of drug-likeness (QED) is 0.571. The predicted octanol–water partition coefficient (Wildman–Crippen LogP) is 3.45. The molecule has 166 valence electrons. The fraction of sp³-hybridized carbons (Fsp3) is 0.958. The molecule has 0 aromatic carbocycles. The van der Waals surface area contributed by atoms with Gasteiger partial charge in [0.15, 0.2) is 0 Å². The van der Waals surface area contributed by atoms with Gasteiger partial charge in [-0.2, -0.15) is 0 Å². The Labute approximate surface area is 174 Å². The number of fused-ring (bicyclic) bond motifs is 5. The maximum Gasteiger partial charge on any atom is 0.303 e. The average molecular weight is 409 g/mol. The number of aliphatic hydroxyl groups excluding tert-OH is 3. The first-order valence-corrected chi connectivity index (χ1v) is 11.8. The van der Waals surface area contributed by atoms with Gasteiger partial charge in [0, 0.05) is 6.42 Å². The smallest absolute Gasteiger partial charge is 0.303 e. The van der Waals surface area contributed by atoms with Crippen LogP contribution in [0.4, 0.5) is 0 Å². The Hall–Kier alpha value is -0.650. The third-order valence-corrected chi connectivity index (χ3v) is 10.3. The first kappa shape index (κ1) is 21.6. The van der Waals surface area contributed by atoms with Gasteiger partial charge in [0.25, 0.3) is 0 Å². The van der Waals surface area contributed by atoms with Gasteiger partial charge < -0.3 is 20.4 Å². The number of aliphatic hydroxyl groups is 3. The van der Waals surface area contributed by atoms with Crippen LogP contribution in [0.1, 0.15) is 78.6 Å². The third-order valence-electron chi connectivity index (χ3n) is 10.3. The molecule has 4 saturated carbocycles. The van der Waals surface area contributed by atoms with Crippen molar-refractivity contribution < 1.29 is 25.2 Å². The Morgan fingerprint density at radius 1 is 1.03 bits per heavy atom. The molecule has 0 spiro atoms. The van der Waals surface area contributed by atoms with E-state index in [0.717, 1.165) is 44.9 Å². The number of carbonyl (C=O) groups is 1. The minimum absolute atomic E-state index is 0.0957. The first-order valence-electron chi connectivity index (χ1n) is 11.8. The lowest BCUT2D eigenvalue weighted by atomic mass is 9.43. The Morgan fingerprint density at radius 3 is 2.45 bits per heavy atom. The molecule has 5 nitrogen and oxygen atoms in total. The van der Waals surface area contributed by atoms with Crippen LogP contribution in [0.5, 0.6) is 0 Å². The topological polar surface area (TPSA) is 98.0 Å². The Bertz CT molecular complexity index is 637. The highest BCUT2D eigenvalue weighted by Crippen LogP contribution is 2.68. The number of hydrogen-bond acceptors (Lipinski definition) is 4. The molecule has 11 atom stereocenters. The molecule has 0 aliphatic heterocycles. The second-order valence-electron chi connectivity index (χ2n) is 11.4. The summed E-state index contributed by atoms with van der Waals surface area (Å²) in [4.78, 5) is 11.1. The zero-order chi connectivity index (χ0) is 21.1. The summed E-state index contributed by atoms with van der Waals surface area (Å²) < 4.78 is 0. The largest absolute Gasteiger partial charge is 0.481 e. The van der Waals surface area contributed by atoms with Crippen LogP contribution in [0.2, 0.25) is 0 Å². The van der Waals surface area contributed by atoms with E-state index in [1.165, 1.54) is 0 Å². The second kappa shape index (κ2) is 7.49. The third kappa shape index (κ3) is 3.27. The minimum Gasteiger partial charge on any atom is -0.481 e. The van der Waals surface area contributed by atoms with Crippen molar-refractivity contribution in [3.05, 3.63) is 0 Å². The van der Waals surface area contributed by atoms with E-state index in [1.807, 2.05) is 0 Å². The molecule has 29 heavy (non-hydrogen) atoms. The molecular weight excluding hydrogens is 368 g/mol. The van der Waals surface area contributed by atoms with Crippen molar-refractivity contribution in [2.45, 2.75) is 96.9 Å². The molecule has 0 radical (unpaired) electrons. The molecule has 5 heteroatoms. The van der Waals surface area contributed by atoms with E-state index in [1.54, 1.807) is 0 Å². The summed E-state index contributed by atoms with van der Waals surface area (Å²) in [6.07, 6.45) is 6.00. The molecule has 0 bridgehead atoms. The standard InChI is InChI=1S/C24H40O5/c1-13(4-7-21(28)29)16-5-6-17-22-18(12-20(27)24(16,17)3)23(2)9-8-15(25)10-14(23)11-19(22)26/h13-20,22,25-27H,4-12H2,1-3H3,(H,28,29)/t13-,14?,15+,16?,17-,18-,19+,20-,22?,23-,24+/m0/s1. The molecule has 4 N–H and O–H groups in total. The fourth-order valence-corrected chi connectivity index (χ4v) is 8.68. The minimum atomic E-state index is -0.748. The van der Waals surface area contributed by atoms with Crippen LogP contribution in [-0.4, -0.2) is 44.7 Å². The van der Waals surface area contributed by atoms with Gasteiger partial charge in [-0.25, -0.2) is 0 Å². The second-order valence-corrected chi connectivity index (χ2v) is 11.4. The lowest BCUT2D eigenvalue weighted by molar-refractivity contribution is -0.207. The summed E-state index contributed by atoms with van der Waals surface area (Å²) in [5.41, 5.74) is -0.143. The lowest BCUT2D eigenvalue weighted by Crippen LogP contribution is -2.62. The monoisotopic (exact) mass is 408 g/mol. The number of carboxylic acid groups (broad SMARTS) is 1. The number of hydrogen-bond donors (Lipinski definition) is 4. The van der Waals surface area contributed by atoms with Crippen LogP contribution < -0.4 is 0 Å². The summed E-state index contributed by atoms with van der Waals surface area (Å²) in [6, 6.07) is 0. The zero-order valence-corrected chi connectivity index (χ0v) is 18.3. The van der Waals surface area contributed by atoms with Crippen LogP contribution >= 0.6 is 0 Å². The Kier molecular flexibility index (Phi) is 5.57. The Morgan fingerprint density at radius 2 is 1.76 bits per heavy atom. The highest BCUT2D eigenvalue weighted by molar-refractivity contribution is 5.66. The molecule has 0 saturated heterocycles. The van der Waals surface area contributed by atoms with Crippen molar-refractivity contribution in [2.75, 3.05) is 0 Å². The molecule has 0 amide bonds. The van der Waals surface area contributed by atoms with Gasteiger partial charge >= 0.3 is 5.97 Å². The van der Waals surface area contributed by atoms with Gasteiger partial charge in [0.2, 0.25) is 0 Å². The summed E-state index contributed by atoms with van der Waals surface area (Å²) in [5, 5.41) is 42.0. The fourth-order valence-electron chi connectivity index (χ4n) is 8.68. The van der Waals surface area contributed by atoms with E-state index in [9.17, 15) is 20.1 Å². The highest BCUT2D eigenvalue weighted by atomic mass is 16.4. The van der Waals surface area contributed by atoms with Gasteiger partial charge in [-0.05, 0) is 97.7 Å². The lowest BCUT2D eigenvalue weighted by Gasteiger charge is -2.63. The van der Waals surface area contributed by atoms with Gasteiger partial charge in [0.1, 0.15) is 0 Å². The van der Waals surface area contributed by atoms with E-state index < -0.39 is 12.1 Å². The van der Waals surface area contributed by atoms with Crippen molar-refractivity contribution in [3.8, 4) is 0 Å². The molecule has 0 aromatic rings. The van der Waals surface area contributed by atoms with E-state index in [4.69, 9.17) is 5.11 Å². The van der Waals surface area contributed by atoms with E-state index in [0.29, 0.717) is 30.1 Å². The highest BCUT2D eigenvalue weighted by Gasteiger charge is 2.65. The van der Waals surface area contributed by atoms with E-state index in [-0.39, 0.29) is 41.3 Å². The van der Waals surface area contributed by atoms with E-state index >= 15 is 0 Å². The van der Waals surface area contributed by atoms with E-state index in [2.05, 4.69) is 20.8 Å². The van der Waals surface area contributed by atoms with Gasteiger partial charge in [-0.1, -0.05) is 20.8 Å². The predicted molar refractivity (Wildman–Crippen MR) is 110 cm³/mol. The number of aliphatic carboxylic acids is 1. The summed E-state index contributed by atoms with van der Waals surface area (Å²) in [5.74, 6) is 0.997. The summed E-state index contributed by atoms with van der Waals surface area (Å²) >= 11 is 0. The molecule has 4 fully saturated rings. The van der Waals surface area contributed by atoms with Crippen LogP contribution in [0, 0.1) is 46.3 Å². The maximum absolute atomic E-state index is 11.5. The molecular formula is C24H40O5. The SMILES string of the molecule is C[C@@H](CCC(=O)O)C1CC[C@H]2C3[C@H](O)CC4C[C@H](O)CC[C@]4(C)[C@H]3C[C@H](O)[C@]12C. The first-order chi connectivity index (χ1) is 13.6. The van der Waals surface area contributed by atoms with Gasteiger partial charge in [-0.3, -0.25) is 4.79 Å². The van der Waals surface area contributed by atoms with Crippen LogP contribution in [0.3, 0.4) is 0 Å². The van der Waals surface area contributed by atoms with Crippen molar-refractivity contribution >= 4 is 5.97 Å². The van der Waals surface area contributed by atoms with Crippen molar-refractivity contribution in [2.24, 2.45) is 46.3 Å². The number of carboxylic acids is 1. The van der Waals surface area contributed by atoms with Crippen molar-refractivity contribution in [1.29, 1.82) is 0 Å². The molecule has 4 aliphatic carbocycles. The van der Waals surface area contributed by atoms with Crippen LogP contribution in [-0.2, 0) is 4.79 Å². The molecule has 0 heterocycles.